The van der Waals surface area contributed by atoms with Crippen LogP contribution in [0.15, 0.2) is 28.8 Å². The Morgan fingerprint density at radius 1 is 0.953 bits per heavy atom. The zero-order valence-electron chi connectivity index (χ0n) is 25.4. The molecule has 10 heteroatoms. The van der Waals surface area contributed by atoms with Crippen LogP contribution in [0.1, 0.15) is 73.7 Å². The quantitative estimate of drug-likeness (QED) is 0.256. The van der Waals surface area contributed by atoms with Gasteiger partial charge in [-0.15, -0.1) is 0 Å². The monoisotopic (exact) mass is 588 g/mol. The van der Waals surface area contributed by atoms with Crippen LogP contribution < -0.4 is 16.0 Å². The van der Waals surface area contributed by atoms with Crippen LogP contribution in [-0.2, 0) is 38.4 Å². The van der Waals surface area contributed by atoms with Gasteiger partial charge in [0.2, 0.25) is 5.91 Å². The van der Waals surface area contributed by atoms with Crippen molar-refractivity contribution in [1.29, 1.82) is 0 Å². The van der Waals surface area contributed by atoms with Crippen molar-refractivity contribution in [2.45, 2.75) is 79.2 Å². The van der Waals surface area contributed by atoms with Gasteiger partial charge in [0.05, 0.1) is 11.8 Å². The molecule has 2 aliphatic rings. The van der Waals surface area contributed by atoms with Gasteiger partial charge in [-0.3, -0.25) is 19.2 Å². The van der Waals surface area contributed by atoms with E-state index in [1.807, 2.05) is 46.8 Å². The molecular weight excluding hydrogens is 548 g/mol. The summed E-state index contributed by atoms with van der Waals surface area (Å²) in [5.41, 5.74) is 7.24. The lowest BCUT2D eigenvalue weighted by molar-refractivity contribution is -0.138. The average molecular weight is 589 g/mol. The maximum atomic E-state index is 12.4. The SMILES string of the molecule is C=CC1=C(C)[C@@H](Cc2[nH]c(/C=c3\[nH]/c(=C/C4=NC(=O)[C@H](C)[C@H]4CC)c(C)c3CCC(=O)O)c(CCC(=O)O)c2C)NC1=O. The van der Waals surface area contributed by atoms with Crippen molar-refractivity contribution in [3.05, 3.63) is 68.1 Å². The van der Waals surface area contributed by atoms with Gasteiger partial charge in [0.15, 0.2) is 0 Å². The molecule has 228 valence electrons. The molecule has 43 heavy (non-hydrogen) atoms. The fourth-order valence-electron chi connectivity index (χ4n) is 6.21. The predicted octanol–water partition coefficient (Wildman–Crippen LogP) is 2.79. The van der Waals surface area contributed by atoms with Gasteiger partial charge < -0.3 is 25.5 Å². The molecule has 4 heterocycles. The zero-order chi connectivity index (χ0) is 31.6. The fourth-order valence-corrected chi connectivity index (χ4v) is 6.21. The van der Waals surface area contributed by atoms with Gasteiger partial charge in [0, 0.05) is 58.8 Å². The summed E-state index contributed by atoms with van der Waals surface area (Å²) >= 11 is 0. The number of rotatable bonds is 12. The number of carbonyl (C=O) groups is 4. The summed E-state index contributed by atoms with van der Waals surface area (Å²) < 4.78 is 0. The van der Waals surface area contributed by atoms with Gasteiger partial charge in [-0.2, -0.15) is 0 Å². The molecule has 0 saturated heterocycles. The first-order valence-corrected chi connectivity index (χ1v) is 14.7. The molecule has 2 aromatic heterocycles. The topological polar surface area (TPSA) is 165 Å². The molecule has 0 fully saturated rings. The summed E-state index contributed by atoms with van der Waals surface area (Å²) in [6.07, 6.45) is 7.08. The van der Waals surface area contributed by atoms with Crippen LogP contribution in [0, 0.1) is 25.7 Å². The highest BCUT2D eigenvalue weighted by Gasteiger charge is 2.32. The van der Waals surface area contributed by atoms with Crippen molar-refractivity contribution in [2.75, 3.05) is 0 Å². The van der Waals surface area contributed by atoms with E-state index in [1.54, 1.807) is 6.08 Å². The average Bonchev–Trinajstić information content (AvgIpc) is 3.59. The number of hydrogen-bond donors (Lipinski definition) is 5. The highest BCUT2D eigenvalue weighted by atomic mass is 16.4. The van der Waals surface area contributed by atoms with E-state index in [0.29, 0.717) is 29.5 Å². The minimum atomic E-state index is -0.913. The number of carbonyl (C=O) groups excluding carboxylic acids is 2. The Hall–Kier alpha value is -4.47. The zero-order valence-corrected chi connectivity index (χ0v) is 25.4. The van der Waals surface area contributed by atoms with Crippen molar-refractivity contribution in [3.8, 4) is 0 Å². The Kier molecular flexibility index (Phi) is 9.37. The largest absolute Gasteiger partial charge is 0.481 e. The molecule has 4 rings (SSSR count). The van der Waals surface area contributed by atoms with Crippen molar-refractivity contribution in [3.63, 3.8) is 0 Å². The Labute approximate surface area is 250 Å². The lowest BCUT2D eigenvalue weighted by Gasteiger charge is -2.12. The summed E-state index contributed by atoms with van der Waals surface area (Å²) in [4.78, 5) is 58.9. The Morgan fingerprint density at radius 2 is 1.60 bits per heavy atom. The Balaban J connectivity index is 1.85. The third-order valence-electron chi connectivity index (χ3n) is 8.89. The first-order valence-electron chi connectivity index (χ1n) is 14.7. The van der Waals surface area contributed by atoms with Crippen molar-refractivity contribution in [2.24, 2.45) is 16.8 Å². The Bertz CT molecular complexity index is 1690. The smallest absolute Gasteiger partial charge is 0.303 e. The minimum absolute atomic E-state index is 0.0107. The highest BCUT2D eigenvalue weighted by molar-refractivity contribution is 6.20. The molecular formula is C33H40N4O6. The molecule has 5 N–H and O–H groups in total. The molecule has 0 aliphatic carbocycles. The predicted molar refractivity (Wildman–Crippen MR) is 164 cm³/mol. The minimum Gasteiger partial charge on any atom is -0.481 e. The van der Waals surface area contributed by atoms with E-state index in [9.17, 15) is 29.4 Å². The first kappa shape index (κ1) is 31.5. The number of H-pyrrole nitrogens is 2. The second-order valence-electron chi connectivity index (χ2n) is 11.5. The Morgan fingerprint density at radius 3 is 2.19 bits per heavy atom. The van der Waals surface area contributed by atoms with Crippen molar-refractivity contribution < 1.29 is 29.4 Å². The summed E-state index contributed by atoms with van der Waals surface area (Å²) in [6, 6.07) is -0.220. The number of carboxylic acid groups (broad SMARTS) is 2. The standard InChI is InChI=1S/C33H40N4O6/c1-7-20-19(6)32(42)37-27(20)14-25-18(5)23(10-12-31(40)41)29(35-25)15-28-22(9-11-30(38)39)17(4)24(34-28)13-26-16(3)21(8-2)33(43)36-26/h8,14-15,19-20,26,34-35H,2,7,9-13H2,1,3-6H3,(H,36,43)(H,38,39)(H,40,41)/b25-14+,29-15-/t19-,20-,26-/m1/s1. The second kappa shape index (κ2) is 12.8. The number of nitrogens with zero attached hydrogens (tertiary/aromatic N) is 1. The van der Waals surface area contributed by atoms with Crippen LogP contribution in [0.2, 0.25) is 0 Å². The van der Waals surface area contributed by atoms with E-state index in [-0.39, 0.29) is 49.0 Å². The molecule has 0 unspecified atom stereocenters. The van der Waals surface area contributed by atoms with Crippen LogP contribution >= 0.6 is 0 Å². The van der Waals surface area contributed by atoms with E-state index < -0.39 is 11.9 Å². The third-order valence-corrected chi connectivity index (χ3v) is 8.89. The van der Waals surface area contributed by atoms with E-state index in [2.05, 4.69) is 26.9 Å². The van der Waals surface area contributed by atoms with Gasteiger partial charge in [0.25, 0.3) is 5.91 Å². The van der Waals surface area contributed by atoms with Crippen LogP contribution in [0.5, 0.6) is 0 Å². The van der Waals surface area contributed by atoms with Crippen LogP contribution in [0.4, 0.5) is 0 Å². The van der Waals surface area contributed by atoms with E-state index in [1.165, 1.54) is 0 Å². The molecule has 3 atom stereocenters. The second-order valence-corrected chi connectivity index (χ2v) is 11.5. The number of nitrogens with one attached hydrogen (secondary N) is 3. The summed E-state index contributed by atoms with van der Waals surface area (Å²) in [6.45, 7) is 13.4. The fraction of sp³-hybridized carbons (Fsp3) is 0.424. The maximum absolute atomic E-state index is 12.4. The van der Waals surface area contributed by atoms with Crippen molar-refractivity contribution >= 4 is 41.6 Å². The number of carboxylic acids is 2. The molecule has 0 aromatic carbocycles. The molecule has 2 aliphatic heterocycles. The van der Waals surface area contributed by atoms with Crippen LogP contribution in [0.25, 0.3) is 12.2 Å². The van der Waals surface area contributed by atoms with Crippen LogP contribution in [-0.4, -0.2) is 55.7 Å². The number of aromatic nitrogens is 2. The van der Waals surface area contributed by atoms with Gasteiger partial charge in [-0.25, -0.2) is 4.99 Å². The molecule has 2 aromatic rings. The van der Waals surface area contributed by atoms with Crippen LogP contribution in [0.3, 0.4) is 0 Å². The number of aliphatic imine (C=N–C) groups is 1. The van der Waals surface area contributed by atoms with E-state index in [4.69, 9.17) is 0 Å². The first-order chi connectivity index (χ1) is 20.4. The molecule has 0 spiro atoms. The van der Waals surface area contributed by atoms with Gasteiger partial charge in [-0.05, 0) is 80.0 Å². The van der Waals surface area contributed by atoms with E-state index in [0.717, 1.165) is 51.0 Å². The normalized spacial score (nSPS) is 21.1. The number of hydrogen-bond acceptors (Lipinski definition) is 4. The number of aliphatic carboxylic acids is 2. The number of aromatic amines is 2. The molecule has 0 saturated carbocycles. The van der Waals surface area contributed by atoms with Crippen molar-refractivity contribution in [1.82, 2.24) is 15.3 Å². The summed E-state index contributed by atoms with van der Waals surface area (Å²) in [7, 11) is 0. The molecule has 0 bridgehead atoms. The molecule has 2 amide bonds. The summed E-state index contributed by atoms with van der Waals surface area (Å²) in [5.74, 6) is -2.30. The molecule has 0 radical (unpaired) electrons. The van der Waals surface area contributed by atoms with Gasteiger partial charge in [-0.1, -0.05) is 26.5 Å². The lowest BCUT2D eigenvalue weighted by Crippen LogP contribution is -2.30. The number of amides is 2. The molecule has 10 nitrogen and oxygen atoms in total. The van der Waals surface area contributed by atoms with E-state index >= 15 is 0 Å². The third kappa shape index (κ3) is 6.48. The highest BCUT2D eigenvalue weighted by Crippen LogP contribution is 2.27. The summed E-state index contributed by atoms with van der Waals surface area (Å²) in [5, 5.41) is 23.3. The maximum Gasteiger partial charge on any atom is 0.303 e. The lowest BCUT2D eigenvalue weighted by atomic mass is 9.89. The van der Waals surface area contributed by atoms with Gasteiger partial charge in [0.1, 0.15) is 0 Å². The van der Waals surface area contributed by atoms with Gasteiger partial charge >= 0.3 is 11.9 Å².